The third kappa shape index (κ3) is 4.72. The van der Waals surface area contributed by atoms with Crippen molar-refractivity contribution in [3.63, 3.8) is 0 Å². The second-order valence-corrected chi connectivity index (χ2v) is 4.19. The van der Waals surface area contributed by atoms with Crippen molar-refractivity contribution in [1.29, 1.82) is 0 Å². The number of aryl methyl sites for hydroxylation is 1. The molecule has 0 heterocycles. The zero-order chi connectivity index (χ0) is 15.3. The molecule has 0 fully saturated rings. The summed E-state index contributed by atoms with van der Waals surface area (Å²) in [5, 5.41) is 0. The van der Waals surface area contributed by atoms with Gasteiger partial charge in [-0.3, -0.25) is 14.4 Å². The molecule has 0 atom stereocenters. The third-order valence-corrected chi connectivity index (χ3v) is 2.22. The molecule has 0 aliphatic heterocycles. The summed E-state index contributed by atoms with van der Waals surface area (Å²) in [5.41, 5.74) is 1.13. The molecule has 0 N–H and O–H groups in total. The molecule has 1 aromatic carbocycles. The molecule has 0 spiro atoms. The molecule has 0 aliphatic rings. The lowest BCUT2D eigenvalue weighted by molar-refractivity contribution is -0.186. The first kappa shape index (κ1) is 15.7. The van der Waals surface area contributed by atoms with Crippen LogP contribution >= 0.6 is 0 Å². The summed E-state index contributed by atoms with van der Waals surface area (Å²) in [7, 11) is 0. The fourth-order valence-electron chi connectivity index (χ4n) is 1.55. The smallest absolute Gasteiger partial charge is 0.308 e. The molecular formula is C14H16O6. The zero-order valence-electron chi connectivity index (χ0n) is 11.8. The van der Waals surface area contributed by atoms with Gasteiger partial charge < -0.3 is 14.2 Å². The predicted octanol–water partition coefficient (Wildman–Crippen LogP) is 2.05. The summed E-state index contributed by atoms with van der Waals surface area (Å²) in [6.07, 6.45) is -1.25. The normalized spacial score (nSPS) is 10.1. The highest BCUT2D eigenvalue weighted by molar-refractivity contribution is 5.71. The molecule has 6 heteroatoms. The van der Waals surface area contributed by atoms with Crippen LogP contribution in [0.2, 0.25) is 0 Å². The van der Waals surface area contributed by atoms with Gasteiger partial charge in [0.2, 0.25) is 0 Å². The average molecular weight is 280 g/mol. The first-order valence-electron chi connectivity index (χ1n) is 5.93. The van der Waals surface area contributed by atoms with Crippen LogP contribution in [0.5, 0.6) is 5.75 Å². The van der Waals surface area contributed by atoms with E-state index in [2.05, 4.69) is 0 Å². The maximum absolute atomic E-state index is 11.1. The fraction of sp³-hybridized carbons (Fsp3) is 0.357. The van der Waals surface area contributed by atoms with E-state index < -0.39 is 24.2 Å². The van der Waals surface area contributed by atoms with Crippen LogP contribution in [-0.2, 0) is 23.9 Å². The van der Waals surface area contributed by atoms with E-state index in [-0.39, 0.29) is 5.75 Å². The van der Waals surface area contributed by atoms with E-state index in [1.54, 1.807) is 25.1 Å². The molecule has 108 valence electrons. The minimum atomic E-state index is -1.25. The quantitative estimate of drug-likeness (QED) is 0.477. The molecule has 0 aromatic heterocycles. The number of esters is 3. The van der Waals surface area contributed by atoms with Gasteiger partial charge in [0.15, 0.2) is 0 Å². The monoisotopic (exact) mass is 280 g/mol. The first-order valence-corrected chi connectivity index (χ1v) is 5.93. The van der Waals surface area contributed by atoms with Crippen LogP contribution < -0.4 is 4.74 Å². The van der Waals surface area contributed by atoms with Crippen molar-refractivity contribution < 1.29 is 28.6 Å². The molecule has 0 saturated carbocycles. The topological polar surface area (TPSA) is 78.9 Å². The van der Waals surface area contributed by atoms with Crippen LogP contribution in [0, 0.1) is 6.92 Å². The molecular weight excluding hydrogens is 264 g/mol. The molecule has 0 aliphatic carbocycles. The van der Waals surface area contributed by atoms with Gasteiger partial charge in [-0.2, -0.15) is 0 Å². The predicted molar refractivity (Wildman–Crippen MR) is 68.8 cm³/mol. The molecule has 1 aromatic rings. The number of benzene rings is 1. The minimum Gasteiger partial charge on any atom is -0.426 e. The van der Waals surface area contributed by atoms with E-state index in [4.69, 9.17) is 14.2 Å². The SMILES string of the molecule is CC(=O)Oc1ccc(C)cc1C(OC(C)=O)OC(C)=O. The molecule has 1 rings (SSSR count). The first-order chi connectivity index (χ1) is 9.29. The van der Waals surface area contributed by atoms with Crippen molar-refractivity contribution in [2.24, 2.45) is 0 Å². The summed E-state index contributed by atoms with van der Waals surface area (Å²) in [5.74, 6) is -1.59. The van der Waals surface area contributed by atoms with Crippen molar-refractivity contribution in [1.82, 2.24) is 0 Å². The van der Waals surface area contributed by atoms with Crippen molar-refractivity contribution in [3.8, 4) is 5.75 Å². The van der Waals surface area contributed by atoms with Gasteiger partial charge in [-0.25, -0.2) is 0 Å². The van der Waals surface area contributed by atoms with E-state index >= 15 is 0 Å². The highest BCUT2D eigenvalue weighted by Gasteiger charge is 2.23. The van der Waals surface area contributed by atoms with E-state index in [9.17, 15) is 14.4 Å². The summed E-state index contributed by atoms with van der Waals surface area (Å²) in [6.45, 7) is 5.44. The van der Waals surface area contributed by atoms with Crippen LogP contribution in [0.25, 0.3) is 0 Å². The van der Waals surface area contributed by atoms with Crippen molar-refractivity contribution >= 4 is 17.9 Å². The van der Waals surface area contributed by atoms with Gasteiger partial charge in [-0.1, -0.05) is 11.6 Å². The minimum absolute atomic E-state index is 0.176. The van der Waals surface area contributed by atoms with Crippen LogP contribution in [0.15, 0.2) is 18.2 Å². The summed E-state index contributed by atoms with van der Waals surface area (Å²) < 4.78 is 14.9. The van der Waals surface area contributed by atoms with Crippen LogP contribution in [0.1, 0.15) is 38.2 Å². The summed E-state index contributed by atoms with van der Waals surface area (Å²) in [6, 6.07) is 4.89. The van der Waals surface area contributed by atoms with Crippen LogP contribution in [0.3, 0.4) is 0 Å². The second-order valence-electron chi connectivity index (χ2n) is 4.19. The molecule has 0 saturated heterocycles. The van der Waals surface area contributed by atoms with Crippen LogP contribution in [0.4, 0.5) is 0 Å². The Hall–Kier alpha value is -2.37. The van der Waals surface area contributed by atoms with Crippen LogP contribution in [-0.4, -0.2) is 17.9 Å². The molecule has 0 amide bonds. The Bertz CT molecular complexity index is 518. The fourth-order valence-corrected chi connectivity index (χ4v) is 1.55. The Kier molecular flexibility index (Phi) is 5.25. The summed E-state index contributed by atoms with van der Waals surface area (Å²) in [4.78, 5) is 33.3. The molecule has 0 radical (unpaired) electrons. The third-order valence-electron chi connectivity index (χ3n) is 2.22. The number of carbonyl (C=O) groups excluding carboxylic acids is 3. The molecule has 20 heavy (non-hydrogen) atoms. The lowest BCUT2D eigenvalue weighted by atomic mass is 10.1. The maximum Gasteiger partial charge on any atom is 0.308 e. The van der Waals surface area contributed by atoms with Crippen molar-refractivity contribution in [3.05, 3.63) is 29.3 Å². The maximum atomic E-state index is 11.1. The number of carbonyl (C=O) groups is 3. The largest absolute Gasteiger partial charge is 0.426 e. The lowest BCUT2D eigenvalue weighted by Gasteiger charge is -2.19. The number of hydrogen-bond donors (Lipinski definition) is 0. The molecule has 6 nitrogen and oxygen atoms in total. The van der Waals surface area contributed by atoms with E-state index in [1.165, 1.54) is 20.8 Å². The van der Waals surface area contributed by atoms with E-state index in [0.717, 1.165) is 5.56 Å². The van der Waals surface area contributed by atoms with Gasteiger partial charge >= 0.3 is 17.9 Å². The Morgan fingerprint density at radius 3 is 1.95 bits per heavy atom. The van der Waals surface area contributed by atoms with Gasteiger partial charge in [0.25, 0.3) is 6.29 Å². The number of rotatable bonds is 4. The van der Waals surface area contributed by atoms with Gasteiger partial charge in [0.05, 0.1) is 5.56 Å². The Morgan fingerprint density at radius 1 is 0.950 bits per heavy atom. The number of ether oxygens (including phenoxy) is 3. The molecule has 0 bridgehead atoms. The van der Waals surface area contributed by atoms with Crippen molar-refractivity contribution in [2.75, 3.05) is 0 Å². The van der Waals surface area contributed by atoms with Gasteiger partial charge in [0, 0.05) is 20.8 Å². The molecule has 0 unspecified atom stereocenters. The van der Waals surface area contributed by atoms with Gasteiger partial charge in [-0.15, -0.1) is 0 Å². The summed E-state index contributed by atoms with van der Waals surface area (Å²) >= 11 is 0. The Morgan fingerprint density at radius 2 is 1.50 bits per heavy atom. The zero-order valence-corrected chi connectivity index (χ0v) is 11.8. The standard InChI is InChI=1S/C14H16O6/c1-8-5-6-13(18-9(2)15)12(7-8)14(19-10(3)16)20-11(4)17/h5-7,14H,1-4H3. The van der Waals surface area contributed by atoms with Gasteiger partial charge in [0.1, 0.15) is 5.75 Å². The van der Waals surface area contributed by atoms with E-state index in [1.807, 2.05) is 0 Å². The highest BCUT2D eigenvalue weighted by Crippen LogP contribution is 2.30. The van der Waals surface area contributed by atoms with Crippen molar-refractivity contribution in [2.45, 2.75) is 34.0 Å². The average Bonchev–Trinajstić information content (AvgIpc) is 2.28. The highest BCUT2D eigenvalue weighted by atomic mass is 16.7. The lowest BCUT2D eigenvalue weighted by Crippen LogP contribution is -2.17. The van der Waals surface area contributed by atoms with E-state index in [0.29, 0.717) is 5.56 Å². The number of hydrogen-bond acceptors (Lipinski definition) is 6. The van der Waals surface area contributed by atoms with Gasteiger partial charge in [-0.05, 0) is 19.1 Å². The Labute approximate surface area is 116 Å². The second kappa shape index (κ2) is 6.70. The Balaban J connectivity index is 3.21.